The Bertz CT molecular complexity index is 318. The second-order valence-corrected chi connectivity index (χ2v) is 6.46. The number of ether oxygens (including phenoxy) is 1. The van der Waals surface area contributed by atoms with Gasteiger partial charge in [0.15, 0.2) is 0 Å². The zero-order chi connectivity index (χ0) is 16.7. The van der Waals surface area contributed by atoms with Crippen LogP contribution in [0.15, 0.2) is 0 Å². The third-order valence-corrected chi connectivity index (χ3v) is 3.82. The summed E-state index contributed by atoms with van der Waals surface area (Å²) in [6.07, 6.45) is -6.31. The summed E-state index contributed by atoms with van der Waals surface area (Å²) in [5.41, 5.74) is 0. The first kappa shape index (κ1) is 20.5. The maximum atomic E-state index is 12.6. The summed E-state index contributed by atoms with van der Waals surface area (Å²) in [4.78, 5) is 11.4. The molecule has 1 atom stereocenters. The molecule has 0 aliphatic carbocycles. The summed E-state index contributed by atoms with van der Waals surface area (Å²) in [5.74, 6) is -4.45. The molecule has 0 rings (SSSR count). The molecular formula is C13H21F5O2S. The topological polar surface area (TPSA) is 26.3 Å². The van der Waals surface area contributed by atoms with Crippen molar-refractivity contribution in [2.75, 3.05) is 5.75 Å². The monoisotopic (exact) mass is 336 g/mol. The van der Waals surface area contributed by atoms with Gasteiger partial charge in [-0.05, 0) is 39.4 Å². The van der Waals surface area contributed by atoms with Crippen LogP contribution in [-0.4, -0.2) is 35.2 Å². The lowest BCUT2D eigenvalue weighted by atomic mass is 10.1. The number of rotatable bonds is 9. The lowest BCUT2D eigenvalue weighted by Crippen LogP contribution is -2.36. The lowest BCUT2D eigenvalue weighted by molar-refractivity contribution is -0.284. The fraction of sp³-hybridized carbons (Fsp3) is 0.923. The number of hydrogen-bond donors (Lipinski definition) is 0. The summed E-state index contributed by atoms with van der Waals surface area (Å²) in [6.45, 7) is 5.14. The van der Waals surface area contributed by atoms with Gasteiger partial charge in [0.2, 0.25) is 0 Å². The van der Waals surface area contributed by atoms with Crippen molar-refractivity contribution in [3.63, 3.8) is 0 Å². The van der Waals surface area contributed by atoms with E-state index in [4.69, 9.17) is 4.74 Å². The number of hydrogen-bond acceptors (Lipinski definition) is 3. The van der Waals surface area contributed by atoms with Crippen molar-refractivity contribution in [2.45, 2.75) is 69.9 Å². The maximum Gasteiger partial charge on any atom is 0.453 e. The summed E-state index contributed by atoms with van der Waals surface area (Å²) >= 11 is 1.31. The van der Waals surface area contributed by atoms with Gasteiger partial charge in [-0.3, -0.25) is 4.79 Å². The zero-order valence-electron chi connectivity index (χ0n) is 12.3. The minimum atomic E-state index is -5.48. The number of alkyl halides is 5. The molecule has 8 heteroatoms. The van der Waals surface area contributed by atoms with Crippen LogP contribution in [0.5, 0.6) is 0 Å². The Hall–Kier alpha value is -0.530. The first-order chi connectivity index (χ1) is 9.47. The predicted molar refractivity (Wildman–Crippen MR) is 72.6 cm³/mol. The Morgan fingerprint density at radius 1 is 1.05 bits per heavy atom. The molecule has 0 N–H and O–H groups in total. The van der Waals surface area contributed by atoms with Crippen LogP contribution in [-0.2, 0) is 9.53 Å². The van der Waals surface area contributed by atoms with Crippen molar-refractivity contribution >= 4 is 17.7 Å². The SMILES string of the molecule is CC(C)OC(=O)C(C)SCCCCCC(F)(F)C(F)(F)F. The molecule has 0 aromatic heterocycles. The molecule has 0 bridgehead atoms. The Kier molecular flexibility index (Phi) is 8.58. The van der Waals surface area contributed by atoms with E-state index in [-0.39, 0.29) is 30.2 Å². The zero-order valence-corrected chi connectivity index (χ0v) is 13.1. The standard InChI is InChI=1S/C13H21F5O2S/c1-9(2)20-11(19)10(3)21-8-6-4-5-7-12(14,15)13(16,17)18/h9-10H,4-8H2,1-3H3. The van der Waals surface area contributed by atoms with Crippen LogP contribution in [0.2, 0.25) is 0 Å². The first-order valence-corrected chi connectivity index (χ1v) is 7.79. The van der Waals surface area contributed by atoms with Gasteiger partial charge in [0.05, 0.1) is 11.4 Å². The van der Waals surface area contributed by atoms with Gasteiger partial charge >= 0.3 is 18.1 Å². The number of carbonyl (C=O) groups excluding carboxylic acids is 1. The van der Waals surface area contributed by atoms with Crippen molar-refractivity contribution in [1.82, 2.24) is 0 Å². The van der Waals surface area contributed by atoms with Gasteiger partial charge in [-0.15, -0.1) is 11.8 Å². The predicted octanol–water partition coefficient (Wildman–Crippen LogP) is 4.82. The molecule has 0 radical (unpaired) electrons. The number of halogens is 5. The first-order valence-electron chi connectivity index (χ1n) is 6.74. The van der Waals surface area contributed by atoms with E-state index in [2.05, 4.69) is 0 Å². The molecular weight excluding hydrogens is 315 g/mol. The molecule has 0 amide bonds. The molecule has 0 aromatic carbocycles. The highest BCUT2D eigenvalue weighted by Crippen LogP contribution is 2.39. The third kappa shape index (κ3) is 8.48. The Morgan fingerprint density at radius 3 is 2.10 bits per heavy atom. The number of thioether (sulfide) groups is 1. The molecule has 0 heterocycles. The van der Waals surface area contributed by atoms with Gasteiger partial charge in [0.25, 0.3) is 0 Å². The van der Waals surface area contributed by atoms with Gasteiger partial charge in [-0.2, -0.15) is 22.0 Å². The molecule has 0 saturated carbocycles. The molecule has 126 valence electrons. The number of unbranched alkanes of at least 4 members (excludes halogenated alkanes) is 2. The van der Waals surface area contributed by atoms with Gasteiger partial charge in [0, 0.05) is 6.42 Å². The minimum absolute atomic E-state index is 0.197. The van der Waals surface area contributed by atoms with E-state index in [1.165, 1.54) is 11.8 Å². The normalized spacial score (nSPS) is 14.3. The van der Waals surface area contributed by atoms with Crippen LogP contribution in [0.4, 0.5) is 22.0 Å². The van der Waals surface area contributed by atoms with E-state index in [0.717, 1.165) is 0 Å². The van der Waals surface area contributed by atoms with E-state index in [1.807, 2.05) is 0 Å². The van der Waals surface area contributed by atoms with Crippen LogP contribution in [0, 0.1) is 0 Å². The van der Waals surface area contributed by atoms with Gasteiger partial charge in [-0.1, -0.05) is 6.42 Å². The van der Waals surface area contributed by atoms with Crippen LogP contribution >= 0.6 is 11.8 Å². The molecule has 2 nitrogen and oxygen atoms in total. The Labute approximate surface area is 125 Å². The molecule has 0 aliphatic rings. The van der Waals surface area contributed by atoms with Crippen molar-refractivity contribution in [2.24, 2.45) is 0 Å². The quantitative estimate of drug-likeness (QED) is 0.343. The van der Waals surface area contributed by atoms with E-state index >= 15 is 0 Å². The number of carbonyl (C=O) groups is 1. The maximum absolute atomic E-state index is 12.6. The van der Waals surface area contributed by atoms with E-state index in [0.29, 0.717) is 12.2 Å². The van der Waals surface area contributed by atoms with Crippen LogP contribution in [0.3, 0.4) is 0 Å². The molecule has 0 aromatic rings. The van der Waals surface area contributed by atoms with Crippen molar-refractivity contribution in [3.05, 3.63) is 0 Å². The average Bonchev–Trinajstić information content (AvgIpc) is 2.30. The smallest absolute Gasteiger partial charge is 0.453 e. The lowest BCUT2D eigenvalue weighted by Gasteiger charge is -2.19. The summed E-state index contributed by atoms with van der Waals surface area (Å²) in [5, 5.41) is -0.371. The summed E-state index contributed by atoms with van der Waals surface area (Å²) in [6, 6.07) is 0. The van der Waals surface area contributed by atoms with Gasteiger partial charge in [0.1, 0.15) is 0 Å². The van der Waals surface area contributed by atoms with Crippen molar-refractivity contribution in [1.29, 1.82) is 0 Å². The summed E-state index contributed by atoms with van der Waals surface area (Å²) in [7, 11) is 0. The average molecular weight is 336 g/mol. The molecule has 0 saturated heterocycles. The van der Waals surface area contributed by atoms with Crippen molar-refractivity contribution < 1.29 is 31.5 Å². The highest BCUT2D eigenvalue weighted by molar-refractivity contribution is 8.00. The molecule has 0 spiro atoms. The van der Waals surface area contributed by atoms with Gasteiger partial charge < -0.3 is 4.74 Å². The number of esters is 1. The van der Waals surface area contributed by atoms with Crippen LogP contribution in [0.25, 0.3) is 0 Å². The summed E-state index contributed by atoms with van der Waals surface area (Å²) < 4.78 is 65.9. The third-order valence-electron chi connectivity index (χ3n) is 2.60. The minimum Gasteiger partial charge on any atom is -0.462 e. The second-order valence-electron chi connectivity index (χ2n) is 5.01. The molecule has 1 unspecified atom stereocenters. The fourth-order valence-corrected chi connectivity index (χ4v) is 2.34. The Balaban J connectivity index is 3.76. The van der Waals surface area contributed by atoms with E-state index in [1.54, 1.807) is 20.8 Å². The molecule has 0 aliphatic heterocycles. The van der Waals surface area contributed by atoms with E-state index in [9.17, 15) is 26.7 Å². The second kappa shape index (κ2) is 8.80. The Morgan fingerprint density at radius 2 is 1.62 bits per heavy atom. The largest absolute Gasteiger partial charge is 0.462 e. The van der Waals surface area contributed by atoms with Crippen molar-refractivity contribution in [3.8, 4) is 0 Å². The highest BCUT2D eigenvalue weighted by atomic mass is 32.2. The van der Waals surface area contributed by atoms with Crippen LogP contribution in [0.1, 0.15) is 46.5 Å². The van der Waals surface area contributed by atoms with E-state index < -0.39 is 18.5 Å². The highest BCUT2D eigenvalue weighted by Gasteiger charge is 2.56. The van der Waals surface area contributed by atoms with Crippen LogP contribution < -0.4 is 0 Å². The van der Waals surface area contributed by atoms with Gasteiger partial charge in [-0.25, -0.2) is 0 Å². The molecule has 21 heavy (non-hydrogen) atoms. The fourth-order valence-electron chi connectivity index (χ4n) is 1.42. The molecule has 0 fully saturated rings.